The Bertz CT molecular complexity index is 1320. The molecule has 0 bridgehead atoms. The molecule has 2 aromatic carbocycles. The van der Waals surface area contributed by atoms with Gasteiger partial charge in [0.1, 0.15) is 29.7 Å². The molecule has 0 saturated carbocycles. The number of aliphatic hydroxyl groups excluding tert-OH is 3. The molecule has 0 aliphatic carbocycles. The number of aromatic nitrogens is 3. The van der Waals surface area contributed by atoms with Crippen LogP contribution in [0.3, 0.4) is 0 Å². The van der Waals surface area contributed by atoms with E-state index in [1.165, 1.54) is 0 Å². The van der Waals surface area contributed by atoms with Gasteiger partial charge in [0.25, 0.3) is 0 Å². The number of benzene rings is 2. The van der Waals surface area contributed by atoms with Gasteiger partial charge in [0.05, 0.1) is 16.8 Å². The third kappa shape index (κ3) is 5.36. The fourth-order valence-electron chi connectivity index (χ4n) is 3.65. The van der Waals surface area contributed by atoms with Gasteiger partial charge in [0.15, 0.2) is 28.6 Å². The Hall–Kier alpha value is -2.98. The summed E-state index contributed by atoms with van der Waals surface area (Å²) in [7, 11) is 0. The molecule has 1 fully saturated rings. The van der Waals surface area contributed by atoms with E-state index in [0.29, 0.717) is 18.2 Å². The Morgan fingerprint density at radius 2 is 1.73 bits per heavy atom. The summed E-state index contributed by atoms with van der Waals surface area (Å²) in [6.45, 7) is 0. The molecule has 0 unspecified atom stereocenters. The number of thiocarbonyl (C=S) groups is 1. The van der Waals surface area contributed by atoms with Crippen molar-refractivity contribution in [3.8, 4) is 17.0 Å². The molecule has 4 rings (SSSR count). The van der Waals surface area contributed by atoms with E-state index in [9.17, 15) is 41.7 Å². The van der Waals surface area contributed by atoms with Crippen LogP contribution in [-0.4, -0.2) is 60.0 Å². The Balaban J connectivity index is 1.65. The van der Waals surface area contributed by atoms with Crippen molar-refractivity contribution in [2.75, 3.05) is 0 Å². The smallest absolute Gasteiger partial charge is 0.417 e. The predicted molar refractivity (Wildman–Crippen MR) is 117 cm³/mol. The molecular weight excluding hydrogens is 556 g/mol. The molecule has 1 saturated heterocycles. The summed E-state index contributed by atoms with van der Waals surface area (Å²) in [5.74, 6) is -4.96. The van der Waals surface area contributed by atoms with E-state index >= 15 is 0 Å². The normalized spacial score (nSPS) is 24.2. The molecule has 0 spiro atoms. The Morgan fingerprint density at radius 3 is 2.30 bits per heavy atom. The molecule has 198 valence electrons. The summed E-state index contributed by atoms with van der Waals surface area (Å²) in [6, 6.07) is 2.15. The number of ether oxygens (including phenoxy) is 2. The molecule has 1 aliphatic rings. The van der Waals surface area contributed by atoms with Gasteiger partial charge in [-0.2, -0.15) is 13.2 Å². The second kappa shape index (κ2) is 10.1. The molecule has 16 heteroatoms. The van der Waals surface area contributed by atoms with Crippen LogP contribution in [0.1, 0.15) is 11.6 Å². The zero-order valence-electron chi connectivity index (χ0n) is 17.9. The van der Waals surface area contributed by atoms with Gasteiger partial charge in [0.2, 0.25) is 6.29 Å². The lowest BCUT2D eigenvalue weighted by Crippen LogP contribution is -2.58. The zero-order valence-corrected chi connectivity index (χ0v) is 19.5. The number of rotatable bonds is 5. The second-order valence-corrected chi connectivity index (χ2v) is 8.66. The highest BCUT2D eigenvalue weighted by molar-refractivity contribution is 7.80. The van der Waals surface area contributed by atoms with Crippen molar-refractivity contribution in [1.82, 2.24) is 15.0 Å². The van der Waals surface area contributed by atoms with Gasteiger partial charge in [0, 0.05) is 5.56 Å². The number of alkyl halides is 3. The fraction of sp³-hybridized carbons (Fsp3) is 0.286. The van der Waals surface area contributed by atoms with E-state index in [2.05, 4.69) is 22.5 Å². The average molecular weight is 570 g/mol. The van der Waals surface area contributed by atoms with Crippen LogP contribution in [0, 0.1) is 17.5 Å². The number of nitrogens with zero attached hydrogens (tertiary/aromatic N) is 3. The molecule has 0 amide bonds. The number of halogens is 7. The molecule has 5 atom stereocenters. The molecule has 1 aromatic heterocycles. The quantitative estimate of drug-likeness (QED) is 0.240. The number of aliphatic hydroxyl groups is 3. The monoisotopic (exact) mass is 569 g/mol. The van der Waals surface area contributed by atoms with Gasteiger partial charge in [-0.15, -0.1) is 5.10 Å². The van der Waals surface area contributed by atoms with Crippen molar-refractivity contribution >= 4 is 28.9 Å². The first-order valence-electron chi connectivity index (χ1n) is 10.1. The summed E-state index contributed by atoms with van der Waals surface area (Å²) >= 11 is 10.4. The van der Waals surface area contributed by atoms with Crippen LogP contribution < -0.4 is 4.74 Å². The summed E-state index contributed by atoms with van der Waals surface area (Å²) in [6.07, 6.45) is -10.6. The SMILES string of the molecule is OC(=S)[C@H]1O[C@H](Oc2ccc(C(F)(F)F)c(Cl)c2)[C@H](O)[C@@H](n2cc(-c3cc(F)c(F)c(F)c3)nn2)[C@H]1O. The highest BCUT2D eigenvalue weighted by Crippen LogP contribution is 2.38. The molecule has 3 aromatic rings. The predicted octanol–water partition coefficient (Wildman–Crippen LogP) is 3.99. The van der Waals surface area contributed by atoms with Crippen molar-refractivity contribution in [3.63, 3.8) is 0 Å². The van der Waals surface area contributed by atoms with Gasteiger partial charge in [-0.25, -0.2) is 17.9 Å². The summed E-state index contributed by atoms with van der Waals surface area (Å²) in [5, 5.41) is 37.2. The molecule has 0 radical (unpaired) electrons. The maximum atomic E-state index is 13.6. The first-order valence-corrected chi connectivity index (χ1v) is 10.9. The van der Waals surface area contributed by atoms with Gasteiger partial charge < -0.3 is 24.8 Å². The highest BCUT2D eigenvalue weighted by atomic mass is 35.5. The van der Waals surface area contributed by atoms with E-state index in [-0.39, 0.29) is 17.0 Å². The van der Waals surface area contributed by atoms with E-state index < -0.39 is 69.9 Å². The van der Waals surface area contributed by atoms with E-state index in [4.69, 9.17) is 21.1 Å². The van der Waals surface area contributed by atoms with Gasteiger partial charge in [-0.1, -0.05) is 16.8 Å². The van der Waals surface area contributed by atoms with E-state index in [1.54, 1.807) is 0 Å². The summed E-state index contributed by atoms with van der Waals surface area (Å²) < 4.78 is 91.1. The van der Waals surface area contributed by atoms with Crippen LogP contribution in [-0.2, 0) is 10.9 Å². The first kappa shape index (κ1) is 27.1. The lowest BCUT2D eigenvalue weighted by molar-refractivity contribution is -0.239. The fourth-order valence-corrected chi connectivity index (χ4v) is 4.13. The van der Waals surface area contributed by atoms with Crippen LogP contribution in [0.4, 0.5) is 26.3 Å². The molecule has 1 aliphatic heterocycles. The summed E-state index contributed by atoms with van der Waals surface area (Å²) in [5.41, 5.74) is -1.54. The minimum atomic E-state index is -4.74. The Morgan fingerprint density at radius 1 is 1.08 bits per heavy atom. The number of hydrogen-bond donors (Lipinski definition) is 3. The third-order valence-corrected chi connectivity index (χ3v) is 5.95. The van der Waals surface area contributed by atoms with Crippen LogP contribution >= 0.6 is 23.8 Å². The van der Waals surface area contributed by atoms with Crippen molar-refractivity contribution in [1.29, 1.82) is 0 Å². The molecule has 3 N–H and O–H groups in total. The molecule has 2 heterocycles. The minimum Gasteiger partial charge on any atom is -0.500 e. The average Bonchev–Trinajstić information content (AvgIpc) is 3.28. The van der Waals surface area contributed by atoms with E-state index in [0.717, 1.165) is 23.0 Å². The van der Waals surface area contributed by atoms with Crippen LogP contribution in [0.5, 0.6) is 5.75 Å². The minimum absolute atomic E-state index is 0.182. The lowest BCUT2D eigenvalue weighted by atomic mass is 9.96. The molecule has 8 nitrogen and oxygen atoms in total. The molecule has 37 heavy (non-hydrogen) atoms. The maximum absolute atomic E-state index is 13.6. The Labute approximate surface area is 213 Å². The van der Waals surface area contributed by atoms with Crippen molar-refractivity contribution in [3.05, 3.63) is 64.6 Å². The topological polar surface area (TPSA) is 110 Å². The number of hydrogen-bond acceptors (Lipinski definition) is 7. The van der Waals surface area contributed by atoms with Crippen LogP contribution in [0.2, 0.25) is 5.02 Å². The second-order valence-electron chi connectivity index (χ2n) is 7.83. The zero-order chi connectivity index (χ0) is 27.2. The first-order chi connectivity index (χ1) is 17.3. The Kier molecular flexibility index (Phi) is 7.36. The molecular formula is C21H14ClF6N3O5S. The van der Waals surface area contributed by atoms with Crippen molar-refractivity contribution in [2.24, 2.45) is 0 Å². The summed E-state index contributed by atoms with van der Waals surface area (Å²) in [4.78, 5) is 0. The van der Waals surface area contributed by atoms with Gasteiger partial charge in [-0.05, 0) is 42.5 Å². The highest BCUT2D eigenvalue weighted by Gasteiger charge is 2.49. The van der Waals surface area contributed by atoms with Crippen LogP contribution in [0.15, 0.2) is 36.5 Å². The maximum Gasteiger partial charge on any atom is 0.417 e. The largest absolute Gasteiger partial charge is 0.500 e. The standard InChI is InChI=1S/C21H14ClF6N3O5S/c22-10-5-8(1-2-9(10)21(26,27)28)35-20-17(33)15(16(32)18(36-20)19(34)37)31-6-13(29-30-31)7-3-11(23)14(25)12(24)4-7/h1-6,15-18,20,32-33H,(H,34,37)/t15-,16+,17+,18-,20-/m0/s1. The van der Waals surface area contributed by atoms with Gasteiger partial charge in [-0.3, -0.25) is 0 Å². The van der Waals surface area contributed by atoms with Crippen LogP contribution in [0.25, 0.3) is 11.3 Å². The lowest BCUT2D eigenvalue weighted by Gasteiger charge is -2.41. The van der Waals surface area contributed by atoms with E-state index in [1.807, 2.05) is 0 Å². The van der Waals surface area contributed by atoms with Gasteiger partial charge >= 0.3 is 6.18 Å². The van der Waals surface area contributed by atoms with Crippen molar-refractivity contribution < 1.29 is 51.1 Å². The third-order valence-electron chi connectivity index (χ3n) is 5.41. The van der Waals surface area contributed by atoms with Crippen molar-refractivity contribution in [2.45, 2.75) is 36.8 Å².